The molecule has 0 bridgehead atoms. The summed E-state index contributed by atoms with van der Waals surface area (Å²) in [6.45, 7) is 8.69. The highest BCUT2D eigenvalue weighted by Crippen LogP contribution is 2.29. The van der Waals surface area contributed by atoms with Gasteiger partial charge in [-0.3, -0.25) is 9.69 Å². The molecule has 0 aliphatic carbocycles. The number of aryl methyl sites for hydroxylation is 1. The summed E-state index contributed by atoms with van der Waals surface area (Å²) in [5, 5.41) is 9.30. The standard InChI is InChI=1S/C23H28N4O2S/c1-15(2)18-7-4-6-16(3)21(18)25-23(28)17-9-11-27(12-10-17)14-20-24-22(26-29-20)19-8-5-13-30-19/h4-8,13,15,17H,9-12,14H2,1-3H3,(H,25,28). The number of nitrogens with zero attached hydrogens (tertiary/aromatic N) is 3. The van der Waals surface area contributed by atoms with E-state index < -0.39 is 0 Å². The molecule has 1 aliphatic heterocycles. The number of thiophene rings is 1. The van der Waals surface area contributed by atoms with Crippen molar-refractivity contribution in [2.45, 2.75) is 46.1 Å². The molecule has 0 spiro atoms. The Morgan fingerprint density at radius 2 is 2.07 bits per heavy atom. The van der Waals surface area contributed by atoms with Crippen molar-refractivity contribution in [3.8, 4) is 10.7 Å². The molecular formula is C23H28N4O2S. The highest BCUT2D eigenvalue weighted by atomic mass is 32.1. The van der Waals surface area contributed by atoms with Gasteiger partial charge in [0, 0.05) is 11.6 Å². The van der Waals surface area contributed by atoms with Crippen LogP contribution < -0.4 is 5.32 Å². The van der Waals surface area contributed by atoms with Crippen LogP contribution in [-0.2, 0) is 11.3 Å². The molecule has 1 saturated heterocycles. The zero-order valence-electron chi connectivity index (χ0n) is 17.7. The number of anilines is 1. The number of nitrogens with one attached hydrogen (secondary N) is 1. The summed E-state index contributed by atoms with van der Waals surface area (Å²) in [6.07, 6.45) is 1.67. The van der Waals surface area contributed by atoms with Gasteiger partial charge in [-0.2, -0.15) is 4.98 Å². The largest absolute Gasteiger partial charge is 0.338 e. The first-order valence-corrected chi connectivity index (χ1v) is 11.4. The van der Waals surface area contributed by atoms with Gasteiger partial charge in [0.1, 0.15) is 0 Å². The number of carbonyl (C=O) groups is 1. The predicted molar refractivity (Wildman–Crippen MR) is 120 cm³/mol. The second-order valence-corrected chi connectivity index (χ2v) is 9.17. The van der Waals surface area contributed by atoms with Gasteiger partial charge in [-0.1, -0.05) is 43.3 Å². The lowest BCUT2D eigenvalue weighted by atomic mass is 9.94. The Balaban J connectivity index is 1.32. The molecule has 0 atom stereocenters. The van der Waals surface area contributed by atoms with Crippen LogP contribution in [0, 0.1) is 12.8 Å². The third-order valence-electron chi connectivity index (χ3n) is 5.70. The summed E-state index contributed by atoms with van der Waals surface area (Å²) in [7, 11) is 0. The van der Waals surface area contributed by atoms with Crippen molar-refractivity contribution < 1.29 is 9.32 Å². The summed E-state index contributed by atoms with van der Waals surface area (Å²) < 4.78 is 5.42. The first kappa shape index (κ1) is 20.8. The van der Waals surface area contributed by atoms with Crippen LogP contribution in [0.2, 0.25) is 0 Å². The zero-order valence-corrected chi connectivity index (χ0v) is 18.5. The van der Waals surface area contributed by atoms with Crippen LogP contribution in [0.4, 0.5) is 5.69 Å². The van der Waals surface area contributed by atoms with E-state index in [1.807, 2.05) is 17.5 Å². The number of amides is 1. The van der Waals surface area contributed by atoms with Crippen LogP contribution in [0.3, 0.4) is 0 Å². The molecule has 158 valence electrons. The molecule has 1 amide bonds. The third-order valence-corrected chi connectivity index (χ3v) is 6.57. The van der Waals surface area contributed by atoms with Crippen molar-refractivity contribution in [2.24, 2.45) is 5.92 Å². The molecule has 0 radical (unpaired) electrons. The van der Waals surface area contributed by atoms with Crippen molar-refractivity contribution in [1.29, 1.82) is 0 Å². The maximum absolute atomic E-state index is 12.9. The Labute approximate surface area is 181 Å². The average molecular weight is 425 g/mol. The lowest BCUT2D eigenvalue weighted by Crippen LogP contribution is -2.38. The van der Waals surface area contributed by atoms with Crippen molar-refractivity contribution >= 4 is 22.9 Å². The lowest BCUT2D eigenvalue weighted by molar-refractivity contribution is -0.121. The summed E-state index contributed by atoms with van der Waals surface area (Å²) in [5.74, 6) is 1.81. The van der Waals surface area contributed by atoms with Crippen LogP contribution in [0.15, 0.2) is 40.2 Å². The number of aromatic nitrogens is 2. The van der Waals surface area contributed by atoms with Gasteiger partial charge in [0.15, 0.2) is 0 Å². The predicted octanol–water partition coefficient (Wildman–Crippen LogP) is 5.08. The summed E-state index contributed by atoms with van der Waals surface area (Å²) in [5.41, 5.74) is 3.29. The molecule has 0 unspecified atom stereocenters. The second-order valence-electron chi connectivity index (χ2n) is 8.22. The second kappa shape index (κ2) is 9.10. The number of para-hydroxylation sites is 1. The van der Waals surface area contributed by atoms with E-state index in [0.29, 0.717) is 24.2 Å². The Bertz CT molecular complexity index is 989. The van der Waals surface area contributed by atoms with E-state index in [-0.39, 0.29) is 11.8 Å². The van der Waals surface area contributed by atoms with Crippen molar-refractivity contribution in [2.75, 3.05) is 18.4 Å². The van der Waals surface area contributed by atoms with Crippen LogP contribution in [0.5, 0.6) is 0 Å². The minimum absolute atomic E-state index is 0.0326. The quantitative estimate of drug-likeness (QED) is 0.597. The van der Waals surface area contributed by atoms with Crippen LogP contribution in [-0.4, -0.2) is 34.0 Å². The van der Waals surface area contributed by atoms with Gasteiger partial charge < -0.3 is 9.84 Å². The molecule has 1 N–H and O–H groups in total. The first-order valence-electron chi connectivity index (χ1n) is 10.5. The molecule has 1 aliphatic rings. The zero-order chi connectivity index (χ0) is 21.1. The molecule has 7 heteroatoms. The van der Waals surface area contributed by atoms with Gasteiger partial charge in [-0.15, -0.1) is 11.3 Å². The summed E-state index contributed by atoms with van der Waals surface area (Å²) in [6, 6.07) is 10.2. The van der Waals surface area contributed by atoms with Gasteiger partial charge in [-0.25, -0.2) is 0 Å². The van der Waals surface area contributed by atoms with E-state index in [2.05, 4.69) is 59.3 Å². The van der Waals surface area contributed by atoms with Crippen molar-refractivity contribution in [1.82, 2.24) is 15.0 Å². The molecule has 1 aromatic carbocycles. The normalized spacial score (nSPS) is 15.6. The summed E-state index contributed by atoms with van der Waals surface area (Å²) >= 11 is 1.60. The molecule has 3 aromatic rings. The average Bonchev–Trinajstić information content (AvgIpc) is 3.41. The molecule has 0 saturated carbocycles. The number of likely N-dealkylation sites (tertiary alicyclic amines) is 1. The Morgan fingerprint density at radius 3 is 2.77 bits per heavy atom. The lowest BCUT2D eigenvalue weighted by Gasteiger charge is -2.30. The fourth-order valence-corrected chi connectivity index (χ4v) is 4.59. The van der Waals surface area contributed by atoms with E-state index in [1.165, 1.54) is 5.56 Å². The number of rotatable bonds is 6. The fraction of sp³-hybridized carbons (Fsp3) is 0.435. The Kier molecular flexibility index (Phi) is 6.29. The smallest absolute Gasteiger partial charge is 0.241 e. The minimum Gasteiger partial charge on any atom is -0.338 e. The van der Waals surface area contributed by atoms with Gasteiger partial charge >= 0.3 is 0 Å². The molecule has 3 heterocycles. The maximum atomic E-state index is 12.9. The number of hydrogen-bond donors (Lipinski definition) is 1. The molecular weight excluding hydrogens is 396 g/mol. The Hall–Kier alpha value is -2.51. The minimum atomic E-state index is 0.0326. The highest BCUT2D eigenvalue weighted by molar-refractivity contribution is 7.13. The number of piperidine rings is 1. The third kappa shape index (κ3) is 4.63. The van der Waals surface area contributed by atoms with E-state index >= 15 is 0 Å². The number of hydrogen-bond acceptors (Lipinski definition) is 6. The van der Waals surface area contributed by atoms with Crippen molar-refractivity contribution in [3.63, 3.8) is 0 Å². The first-order chi connectivity index (χ1) is 14.5. The highest BCUT2D eigenvalue weighted by Gasteiger charge is 2.27. The summed E-state index contributed by atoms with van der Waals surface area (Å²) in [4.78, 5) is 20.7. The number of benzene rings is 1. The maximum Gasteiger partial charge on any atom is 0.241 e. The van der Waals surface area contributed by atoms with Gasteiger partial charge in [0.2, 0.25) is 17.6 Å². The van der Waals surface area contributed by atoms with E-state index in [9.17, 15) is 4.79 Å². The van der Waals surface area contributed by atoms with Crippen LogP contribution in [0.25, 0.3) is 10.7 Å². The van der Waals surface area contributed by atoms with Crippen molar-refractivity contribution in [3.05, 3.63) is 52.7 Å². The van der Waals surface area contributed by atoms with E-state index in [1.54, 1.807) is 11.3 Å². The van der Waals surface area contributed by atoms with Gasteiger partial charge in [0.25, 0.3) is 0 Å². The number of carbonyl (C=O) groups excluding carboxylic acids is 1. The molecule has 6 nitrogen and oxygen atoms in total. The molecule has 30 heavy (non-hydrogen) atoms. The van der Waals surface area contributed by atoms with E-state index in [0.717, 1.165) is 42.1 Å². The molecule has 1 fully saturated rings. The van der Waals surface area contributed by atoms with E-state index in [4.69, 9.17) is 4.52 Å². The van der Waals surface area contributed by atoms with Crippen LogP contribution in [0.1, 0.15) is 49.6 Å². The fourth-order valence-electron chi connectivity index (χ4n) is 3.94. The van der Waals surface area contributed by atoms with Gasteiger partial charge in [-0.05, 0) is 61.3 Å². The monoisotopic (exact) mass is 424 g/mol. The molecule has 4 rings (SSSR count). The molecule has 2 aromatic heterocycles. The van der Waals surface area contributed by atoms with Gasteiger partial charge in [0.05, 0.1) is 11.4 Å². The van der Waals surface area contributed by atoms with Crippen LogP contribution >= 0.6 is 11.3 Å². The SMILES string of the molecule is Cc1cccc(C(C)C)c1NC(=O)C1CCN(Cc2nc(-c3cccs3)no2)CC1. The Morgan fingerprint density at radius 1 is 1.27 bits per heavy atom. The topological polar surface area (TPSA) is 71.3 Å².